The molecule has 0 N–H and O–H groups in total. The predicted molar refractivity (Wildman–Crippen MR) is 108 cm³/mol. The van der Waals surface area contributed by atoms with Gasteiger partial charge >= 0.3 is 5.63 Å². The molecule has 31 heavy (non-hydrogen) atoms. The molecule has 0 bridgehead atoms. The lowest BCUT2D eigenvalue weighted by Crippen LogP contribution is -2.53. The highest BCUT2D eigenvalue weighted by molar-refractivity contribution is 5.84. The Kier molecular flexibility index (Phi) is 4.47. The van der Waals surface area contributed by atoms with Gasteiger partial charge < -0.3 is 9.15 Å². The minimum Gasteiger partial charge on any atom is -0.497 e. The molecule has 0 spiro atoms. The van der Waals surface area contributed by atoms with Crippen LogP contribution < -0.4 is 10.4 Å². The minimum atomic E-state index is -2.33. The summed E-state index contributed by atoms with van der Waals surface area (Å²) < 4.78 is 10.6. The molecule has 2 aromatic carbocycles. The van der Waals surface area contributed by atoms with Crippen molar-refractivity contribution in [1.29, 1.82) is 21.0 Å². The first-order valence-corrected chi connectivity index (χ1v) is 9.36. The van der Waals surface area contributed by atoms with Crippen LogP contribution in [0, 0.1) is 50.7 Å². The van der Waals surface area contributed by atoms with Gasteiger partial charge in [0.2, 0.25) is 5.41 Å². The van der Waals surface area contributed by atoms with E-state index in [0.29, 0.717) is 22.3 Å². The first kappa shape index (κ1) is 19.7. The van der Waals surface area contributed by atoms with Crippen LogP contribution in [0.1, 0.15) is 22.6 Å². The summed E-state index contributed by atoms with van der Waals surface area (Å²) in [6.07, 6.45) is 0.111. The zero-order valence-corrected chi connectivity index (χ0v) is 16.4. The molecule has 0 aliphatic heterocycles. The maximum Gasteiger partial charge on any atom is 0.342 e. The average Bonchev–Trinajstić information content (AvgIpc) is 2.82. The first-order chi connectivity index (χ1) is 15.0. The summed E-state index contributed by atoms with van der Waals surface area (Å²) in [6, 6.07) is 21.3. The largest absolute Gasteiger partial charge is 0.497 e. The fraction of sp³-hybridized carbons (Fsp3) is 0.208. The Morgan fingerprint density at radius 1 is 1.00 bits per heavy atom. The average molecular weight is 406 g/mol. The molecule has 0 amide bonds. The van der Waals surface area contributed by atoms with Gasteiger partial charge in [-0.3, -0.25) is 0 Å². The summed E-state index contributed by atoms with van der Waals surface area (Å²) in [6.45, 7) is 0. The van der Waals surface area contributed by atoms with Gasteiger partial charge in [0.15, 0.2) is 5.41 Å². The van der Waals surface area contributed by atoms with Crippen LogP contribution in [-0.2, 0) is 11.8 Å². The molecule has 1 aliphatic rings. The van der Waals surface area contributed by atoms with Gasteiger partial charge in [-0.15, -0.1) is 0 Å². The monoisotopic (exact) mass is 406 g/mol. The Morgan fingerprint density at radius 2 is 1.68 bits per heavy atom. The third-order valence-corrected chi connectivity index (χ3v) is 6.01. The summed E-state index contributed by atoms with van der Waals surface area (Å²) in [4.78, 5) is 13.0. The Morgan fingerprint density at radius 3 is 2.26 bits per heavy atom. The number of hydrogen-bond donors (Lipinski definition) is 0. The lowest BCUT2D eigenvalue weighted by atomic mass is 9.50. The molecule has 0 saturated heterocycles. The van der Waals surface area contributed by atoms with Gasteiger partial charge in [0.25, 0.3) is 0 Å². The van der Waals surface area contributed by atoms with Gasteiger partial charge in [-0.05, 0) is 29.7 Å². The first-order valence-electron chi connectivity index (χ1n) is 9.36. The van der Waals surface area contributed by atoms with Crippen LogP contribution in [0.2, 0.25) is 0 Å². The van der Waals surface area contributed by atoms with Crippen molar-refractivity contribution in [2.45, 2.75) is 17.8 Å². The topological polar surface area (TPSA) is 135 Å². The molecular formula is C24H14N4O3. The Labute approximate surface area is 177 Å². The second-order valence-corrected chi connectivity index (χ2v) is 7.28. The number of benzene rings is 2. The second kappa shape index (κ2) is 7.03. The number of ether oxygens (including phenoxy) is 1. The van der Waals surface area contributed by atoms with Crippen LogP contribution in [0.5, 0.6) is 5.75 Å². The highest BCUT2D eigenvalue weighted by atomic mass is 16.5. The van der Waals surface area contributed by atoms with Crippen molar-refractivity contribution >= 4 is 11.0 Å². The molecular weight excluding hydrogens is 392 g/mol. The molecule has 0 radical (unpaired) electrons. The van der Waals surface area contributed by atoms with E-state index in [1.807, 2.05) is 24.3 Å². The Balaban J connectivity index is 2.19. The number of nitriles is 4. The fourth-order valence-electron chi connectivity index (χ4n) is 4.49. The predicted octanol–water partition coefficient (Wildman–Crippen LogP) is 3.46. The van der Waals surface area contributed by atoms with Crippen LogP contribution in [0.15, 0.2) is 57.7 Å². The minimum absolute atomic E-state index is 0.111. The summed E-state index contributed by atoms with van der Waals surface area (Å²) in [5, 5.41) is 41.1. The molecule has 1 heterocycles. The molecule has 1 atom stereocenters. The highest BCUT2D eigenvalue weighted by Gasteiger charge is 2.65. The van der Waals surface area contributed by atoms with Gasteiger partial charge in [-0.25, -0.2) is 4.79 Å². The SMILES string of the molecule is COc1ccc2c3c(c(=O)oc2c1)C(C#N)(C#N)C(C#N)(C#N)[C@H](c1ccccc1)C3. The van der Waals surface area contributed by atoms with E-state index in [1.165, 1.54) is 7.11 Å². The van der Waals surface area contributed by atoms with Crippen molar-refractivity contribution in [1.82, 2.24) is 0 Å². The number of methoxy groups -OCH3 is 1. The lowest BCUT2D eigenvalue weighted by Gasteiger charge is -2.42. The van der Waals surface area contributed by atoms with Crippen molar-refractivity contribution in [2.24, 2.45) is 5.41 Å². The quantitative estimate of drug-likeness (QED) is 0.595. The van der Waals surface area contributed by atoms with Crippen molar-refractivity contribution in [3.63, 3.8) is 0 Å². The van der Waals surface area contributed by atoms with Gasteiger partial charge in [-0.2, -0.15) is 21.0 Å². The van der Waals surface area contributed by atoms with Crippen LogP contribution in [-0.4, -0.2) is 7.11 Å². The second-order valence-electron chi connectivity index (χ2n) is 7.28. The van der Waals surface area contributed by atoms with Crippen molar-refractivity contribution < 1.29 is 9.15 Å². The van der Waals surface area contributed by atoms with Crippen LogP contribution in [0.4, 0.5) is 0 Å². The number of hydrogen-bond acceptors (Lipinski definition) is 7. The molecule has 148 valence electrons. The van der Waals surface area contributed by atoms with Crippen LogP contribution in [0.3, 0.4) is 0 Å². The molecule has 3 aromatic rings. The third-order valence-electron chi connectivity index (χ3n) is 6.01. The van der Waals surface area contributed by atoms with Gasteiger partial charge in [0, 0.05) is 17.4 Å². The molecule has 7 heteroatoms. The molecule has 1 aliphatic carbocycles. The van der Waals surface area contributed by atoms with E-state index in [9.17, 15) is 25.8 Å². The van der Waals surface area contributed by atoms with E-state index in [2.05, 4.69) is 0 Å². The number of nitrogens with zero attached hydrogens (tertiary/aromatic N) is 4. The van der Waals surface area contributed by atoms with E-state index in [-0.39, 0.29) is 17.6 Å². The Hall–Kier alpha value is -4.59. The number of rotatable bonds is 2. The van der Waals surface area contributed by atoms with E-state index >= 15 is 0 Å². The van der Waals surface area contributed by atoms with E-state index in [0.717, 1.165) is 0 Å². The maximum absolute atomic E-state index is 13.0. The fourth-order valence-corrected chi connectivity index (χ4v) is 4.49. The van der Waals surface area contributed by atoms with Crippen molar-refractivity contribution in [3.05, 3.63) is 75.6 Å². The molecule has 7 nitrogen and oxygen atoms in total. The van der Waals surface area contributed by atoms with Gasteiger partial charge in [0.05, 0.1) is 37.0 Å². The van der Waals surface area contributed by atoms with Gasteiger partial charge in [0.1, 0.15) is 11.3 Å². The molecule has 0 fully saturated rings. The van der Waals surface area contributed by atoms with Crippen molar-refractivity contribution in [2.75, 3.05) is 7.11 Å². The third kappa shape index (κ3) is 2.45. The summed E-state index contributed by atoms with van der Waals surface area (Å²) in [7, 11) is 1.48. The standard InChI is InChI=1S/C24H14N4O3/c1-30-16-7-8-17-18-10-19(15-5-3-2-4-6-15)23(11-25,12-26)24(13-27,14-28)21(18)22(29)31-20(17)9-16/h2-9,19H,10H2,1H3/t19-/m0/s1. The van der Waals surface area contributed by atoms with E-state index < -0.39 is 22.4 Å². The summed E-state index contributed by atoms with van der Waals surface area (Å²) >= 11 is 0. The molecule has 0 saturated carbocycles. The van der Waals surface area contributed by atoms with E-state index in [1.54, 1.807) is 48.5 Å². The number of fused-ring (bicyclic) bond motifs is 3. The van der Waals surface area contributed by atoms with E-state index in [4.69, 9.17) is 9.15 Å². The summed E-state index contributed by atoms with van der Waals surface area (Å²) in [5.41, 5.74) is -4.32. The van der Waals surface area contributed by atoms with Gasteiger partial charge in [-0.1, -0.05) is 30.3 Å². The lowest BCUT2D eigenvalue weighted by molar-refractivity contribution is 0.287. The Bertz CT molecular complexity index is 1400. The van der Waals surface area contributed by atoms with Crippen LogP contribution in [0.25, 0.3) is 11.0 Å². The van der Waals surface area contributed by atoms with Crippen molar-refractivity contribution in [3.8, 4) is 30.0 Å². The summed E-state index contributed by atoms with van der Waals surface area (Å²) in [5.74, 6) is -0.344. The molecule has 4 rings (SSSR count). The maximum atomic E-state index is 13.0. The smallest absolute Gasteiger partial charge is 0.342 e. The molecule has 0 unspecified atom stereocenters. The zero-order chi connectivity index (χ0) is 22.2. The molecule has 1 aromatic heterocycles. The highest BCUT2D eigenvalue weighted by Crippen LogP contribution is 2.56. The zero-order valence-electron chi connectivity index (χ0n) is 16.4. The normalized spacial score (nSPS) is 17.9. The van der Waals surface area contributed by atoms with Crippen LogP contribution >= 0.6 is 0 Å².